The number of allylic oxidation sites excluding steroid dienone is 1. The van der Waals surface area contributed by atoms with Crippen LogP contribution in [0.2, 0.25) is 0 Å². The van der Waals surface area contributed by atoms with Gasteiger partial charge in [-0.05, 0) is 74.6 Å². The number of ether oxygens (including phenoxy) is 2. The van der Waals surface area contributed by atoms with E-state index in [0.717, 1.165) is 43.9 Å². The van der Waals surface area contributed by atoms with Crippen molar-refractivity contribution in [3.63, 3.8) is 0 Å². The summed E-state index contributed by atoms with van der Waals surface area (Å²) >= 11 is 2.95. The molecule has 1 atom stereocenters. The summed E-state index contributed by atoms with van der Waals surface area (Å²) in [4.78, 5) is 37.7. The van der Waals surface area contributed by atoms with E-state index in [0.29, 0.717) is 20.6 Å². The second kappa shape index (κ2) is 11.7. The summed E-state index contributed by atoms with van der Waals surface area (Å²) < 4.78 is 13.3. The van der Waals surface area contributed by atoms with Crippen LogP contribution < -0.4 is 19.6 Å². The van der Waals surface area contributed by atoms with Crippen molar-refractivity contribution in [1.82, 2.24) is 9.55 Å². The summed E-state index contributed by atoms with van der Waals surface area (Å²) in [6.07, 6.45) is 3.62. The van der Waals surface area contributed by atoms with Gasteiger partial charge in [0.2, 0.25) is 0 Å². The normalized spacial score (nSPS) is 15.1. The first-order chi connectivity index (χ1) is 20.8. The molecule has 0 saturated heterocycles. The first-order valence-corrected chi connectivity index (χ1v) is 16.0. The predicted molar refractivity (Wildman–Crippen MR) is 174 cm³/mol. The maximum atomic E-state index is 14.3. The van der Waals surface area contributed by atoms with E-state index in [9.17, 15) is 9.59 Å². The Balaban J connectivity index is 1.60. The summed E-state index contributed by atoms with van der Waals surface area (Å²) in [7, 11) is 1.64. The van der Waals surface area contributed by atoms with Gasteiger partial charge in [0.15, 0.2) is 4.80 Å². The summed E-state index contributed by atoms with van der Waals surface area (Å²) in [5.74, 6) is 0.249. The number of carbonyl (C=O) groups excluding carboxylic acids is 1. The number of H-pyrrole nitrogens is 1. The number of hydrogen-bond donors (Lipinski definition) is 1. The molecule has 0 radical (unpaired) electrons. The van der Waals surface area contributed by atoms with E-state index in [2.05, 4.69) is 4.98 Å². The van der Waals surface area contributed by atoms with Crippen molar-refractivity contribution in [3.05, 3.63) is 115 Å². The van der Waals surface area contributed by atoms with Crippen molar-refractivity contribution < 1.29 is 14.3 Å². The van der Waals surface area contributed by atoms with Gasteiger partial charge >= 0.3 is 5.97 Å². The van der Waals surface area contributed by atoms with Crippen molar-refractivity contribution in [3.8, 4) is 17.0 Å². The Morgan fingerprint density at radius 1 is 1.09 bits per heavy atom. The Morgan fingerprint density at radius 2 is 1.84 bits per heavy atom. The number of nitrogens with one attached hydrogen (secondary N) is 1. The van der Waals surface area contributed by atoms with Gasteiger partial charge in [-0.25, -0.2) is 9.79 Å². The van der Waals surface area contributed by atoms with E-state index in [4.69, 9.17) is 14.5 Å². The molecule has 7 nitrogen and oxygen atoms in total. The molecular weight excluding hydrogens is 579 g/mol. The van der Waals surface area contributed by atoms with E-state index in [1.807, 2.05) is 99.0 Å². The van der Waals surface area contributed by atoms with Crippen LogP contribution >= 0.6 is 23.1 Å². The summed E-state index contributed by atoms with van der Waals surface area (Å²) in [5, 5.41) is 0.936. The van der Waals surface area contributed by atoms with E-state index >= 15 is 0 Å². The molecule has 0 unspecified atom stereocenters. The number of hydrogen-bond acceptors (Lipinski definition) is 7. The molecule has 0 fully saturated rings. The summed E-state index contributed by atoms with van der Waals surface area (Å²) in [6.45, 7) is 5.42. The van der Waals surface area contributed by atoms with Crippen LogP contribution in [0.1, 0.15) is 37.9 Å². The molecule has 0 bridgehead atoms. The minimum atomic E-state index is -0.669. The molecular formula is C34H31N3O4S2. The largest absolute Gasteiger partial charge is 0.497 e. The number of benzene rings is 3. The molecule has 2 aromatic heterocycles. The molecule has 6 rings (SSSR count). The maximum Gasteiger partial charge on any atom is 0.338 e. The zero-order valence-corrected chi connectivity index (χ0v) is 26.1. The highest BCUT2D eigenvalue weighted by Crippen LogP contribution is 2.34. The summed E-state index contributed by atoms with van der Waals surface area (Å²) in [6, 6.07) is 23.2. The Morgan fingerprint density at radius 3 is 2.51 bits per heavy atom. The molecule has 5 aromatic rings. The number of aromatic nitrogens is 2. The molecule has 218 valence electrons. The van der Waals surface area contributed by atoms with Crippen LogP contribution in [-0.2, 0) is 9.53 Å². The van der Waals surface area contributed by atoms with Crippen LogP contribution in [0.5, 0.6) is 5.75 Å². The monoisotopic (exact) mass is 609 g/mol. The number of aromatic amines is 1. The number of rotatable bonds is 7. The third-order valence-electron chi connectivity index (χ3n) is 7.40. The number of nitrogens with zero attached hydrogens (tertiary/aromatic N) is 2. The highest BCUT2D eigenvalue weighted by atomic mass is 32.2. The second-order valence-electron chi connectivity index (χ2n) is 10.5. The summed E-state index contributed by atoms with van der Waals surface area (Å²) in [5.41, 5.74) is 5.21. The van der Waals surface area contributed by atoms with Gasteiger partial charge in [0, 0.05) is 21.4 Å². The molecule has 3 aromatic carbocycles. The molecule has 9 heteroatoms. The number of thioether (sulfide) groups is 1. The van der Waals surface area contributed by atoms with Gasteiger partial charge in [0.1, 0.15) is 5.75 Å². The van der Waals surface area contributed by atoms with Gasteiger partial charge < -0.3 is 14.5 Å². The van der Waals surface area contributed by atoms with Gasteiger partial charge in [0.25, 0.3) is 5.56 Å². The number of fused-ring (bicyclic) bond motifs is 2. The zero-order chi connectivity index (χ0) is 30.2. The Hall–Kier alpha value is -4.34. The molecule has 0 aliphatic carbocycles. The first-order valence-electron chi connectivity index (χ1n) is 13.9. The Labute approximate surface area is 257 Å². The minimum absolute atomic E-state index is 0.221. The van der Waals surface area contributed by atoms with Crippen LogP contribution in [0.15, 0.2) is 98.7 Å². The number of thiazole rings is 1. The number of carbonyl (C=O) groups is 1. The lowest BCUT2D eigenvalue weighted by molar-refractivity contribution is -0.143. The lowest BCUT2D eigenvalue weighted by Gasteiger charge is -2.25. The highest BCUT2D eigenvalue weighted by Gasteiger charge is 2.34. The molecule has 0 spiro atoms. The lowest BCUT2D eigenvalue weighted by Crippen LogP contribution is -2.40. The van der Waals surface area contributed by atoms with E-state index in [1.165, 1.54) is 11.3 Å². The molecule has 3 heterocycles. The molecule has 1 aliphatic rings. The van der Waals surface area contributed by atoms with Crippen LogP contribution in [0.3, 0.4) is 0 Å². The second-order valence-corrected chi connectivity index (χ2v) is 12.4. The molecule has 1 N–H and O–H groups in total. The molecule has 0 amide bonds. The quantitative estimate of drug-likeness (QED) is 0.179. The van der Waals surface area contributed by atoms with Crippen molar-refractivity contribution in [1.29, 1.82) is 0 Å². The van der Waals surface area contributed by atoms with Crippen LogP contribution in [-0.4, -0.2) is 35.0 Å². The van der Waals surface area contributed by atoms with Crippen molar-refractivity contribution in [2.24, 2.45) is 4.99 Å². The third-order valence-corrected chi connectivity index (χ3v) is 9.13. The van der Waals surface area contributed by atoms with Gasteiger partial charge in [-0.2, -0.15) is 0 Å². The van der Waals surface area contributed by atoms with Gasteiger partial charge in [-0.1, -0.05) is 53.8 Å². The Kier molecular flexibility index (Phi) is 7.85. The van der Waals surface area contributed by atoms with Crippen molar-refractivity contribution in [2.75, 3.05) is 13.4 Å². The van der Waals surface area contributed by atoms with Crippen LogP contribution in [0.25, 0.3) is 28.2 Å². The number of methoxy groups -OCH3 is 1. The number of esters is 1. The van der Waals surface area contributed by atoms with Crippen LogP contribution in [0.4, 0.5) is 0 Å². The SMILES string of the molecule is COc1ccc2[nH]c(-c3ccccc3)c(/C=c3\sc4n(c3=O)[C@@H](c3ccc(SC)cc3)C(C(=O)OC(C)C)=C(C)N=4)c2c1. The predicted octanol–water partition coefficient (Wildman–Crippen LogP) is 6.07. The van der Waals surface area contributed by atoms with Crippen LogP contribution in [0, 0.1) is 0 Å². The fourth-order valence-corrected chi connectivity index (χ4v) is 6.83. The zero-order valence-electron chi connectivity index (χ0n) is 24.5. The van der Waals surface area contributed by atoms with E-state index < -0.39 is 12.0 Å². The van der Waals surface area contributed by atoms with Crippen molar-refractivity contribution in [2.45, 2.75) is 37.8 Å². The van der Waals surface area contributed by atoms with Gasteiger partial charge in [-0.3, -0.25) is 9.36 Å². The first kappa shape index (κ1) is 28.8. The minimum Gasteiger partial charge on any atom is -0.497 e. The topological polar surface area (TPSA) is 85.7 Å². The van der Waals surface area contributed by atoms with Crippen molar-refractivity contribution >= 4 is 46.0 Å². The van der Waals surface area contributed by atoms with Gasteiger partial charge in [-0.15, -0.1) is 11.8 Å². The average Bonchev–Trinajstić information content (AvgIpc) is 3.52. The molecule has 43 heavy (non-hydrogen) atoms. The van der Waals surface area contributed by atoms with Gasteiger partial charge in [0.05, 0.1) is 40.8 Å². The third kappa shape index (κ3) is 5.34. The average molecular weight is 610 g/mol. The highest BCUT2D eigenvalue weighted by molar-refractivity contribution is 7.98. The molecule has 0 saturated carbocycles. The lowest BCUT2D eigenvalue weighted by atomic mass is 9.96. The fraction of sp³-hybridized carbons (Fsp3) is 0.206. The smallest absolute Gasteiger partial charge is 0.338 e. The fourth-order valence-electron chi connectivity index (χ4n) is 5.39. The molecule has 1 aliphatic heterocycles. The maximum absolute atomic E-state index is 14.3. The standard InChI is InChI=1S/C34H31N3O4S2/c1-19(2)41-33(39)29-20(3)35-34-37(31(29)22-11-14-24(42-5)15-12-22)32(38)28(43-34)18-26-25-17-23(40-4)13-16-27(25)36-30(26)21-9-7-6-8-10-21/h6-19,31,36H,1-5H3/b28-18-/t31-/m0/s1. The Bertz CT molecular complexity index is 2050. The van der Waals surface area contributed by atoms with E-state index in [1.54, 1.807) is 30.4 Å². The van der Waals surface area contributed by atoms with E-state index in [-0.39, 0.29) is 11.7 Å².